The van der Waals surface area contributed by atoms with Crippen LogP contribution in [0.1, 0.15) is 0 Å². The van der Waals surface area contributed by atoms with Crippen molar-refractivity contribution in [1.82, 2.24) is 0 Å². The van der Waals surface area contributed by atoms with E-state index < -0.39 is 33.8 Å². The van der Waals surface area contributed by atoms with E-state index in [4.69, 9.17) is 6.77 Å². The average Bonchev–Trinajstić information content (AvgIpc) is 2.03. The van der Waals surface area contributed by atoms with Gasteiger partial charge in [-0.15, -0.1) is 0 Å². The maximum atomic E-state index is 10.8. The van der Waals surface area contributed by atoms with E-state index in [1.54, 1.807) is 0 Å². The summed E-state index contributed by atoms with van der Waals surface area (Å²) in [7, 11) is 0. The van der Waals surface area contributed by atoms with Gasteiger partial charge < -0.3 is 0 Å². The molecule has 0 unspecified atom stereocenters. The monoisotopic (exact) mass is 293 g/mol. The van der Waals surface area contributed by atoms with E-state index in [-0.39, 0.29) is 0 Å². The fourth-order valence-corrected chi connectivity index (χ4v) is 2.96. The molecule has 0 fully saturated rings. The van der Waals surface area contributed by atoms with E-state index in [1.807, 2.05) is 0 Å². The predicted molar refractivity (Wildman–Crippen MR) is 43.6 cm³/mol. The Hall–Kier alpha value is -0.842. The quantitative estimate of drug-likeness (QED) is 0.420. The molecule has 0 atom stereocenters. The Morgan fingerprint density at radius 1 is 1.31 bits per heavy atom. The van der Waals surface area contributed by atoms with Crippen LogP contribution in [0.3, 0.4) is 0 Å². The summed E-state index contributed by atoms with van der Waals surface area (Å²) in [5.74, 6) is 0. The fraction of sp³-hybridized carbons (Fsp3) is 0. The van der Waals surface area contributed by atoms with Gasteiger partial charge >= 0.3 is 77.9 Å². The first-order valence-electron chi connectivity index (χ1n) is 3.22. The molecular formula is C6H6NO5Sb. The van der Waals surface area contributed by atoms with Gasteiger partial charge in [-0.25, -0.2) is 0 Å². The van der Waals surface area contributed by atoms with E-state index >= 15 is 0 Å². The van der Waals surface area contributed by atoms with Gasteiger partial charge in [0.2, 0.25) is 0 Å². The number of rotatable bonds is 2. The molecule has 0 heterocycles. The first-order valence-corrected chi connectivity index (χ1v) is 7.82. The van der Waals surface area contributed by atoms with Crippen LogP contribution in [-0.4, -0.2) is 31.3 Å². The Morgan fingerprint density at radius 3 is 2.23 bits per heavy atom. The van der Waals surface area contributed by atoms with Crippen molar-refractivity contribution in [2.24, 2.45) is 0 Å². The Kier molecular flexibility index (Phi) is 2.75. The van der Waals surface area contributed by atoms with E-state index in [1.165, 1.54) is 12.1 Å². The SMILES string of the molecule is O=[N+]([O-])c1cccc[c]1[Sb](=[O])([OH])[OH]. The third-order valence-electron chi connectivity index (χ3n) is 1.39. The molecule has 0 saturated heterocycles. The Morgan fingerprint density at radius 2 is 1.85 bits per heavy atom. The Balaban J connectivity index is 3.37. The molecule has 13 heavy (non-hydrogen) atoms. The van der Waals surface area contributed by atoms with Gasteiger partial charge in [0.25, 0.3) is 0 Å². The molecule has 0 aliphatic heterocycles. The van der Waals surface area contributed by atoms with Crippen LogP contribution in [0.5, 0.6) is 0 Å². The standard InChI is InChI=1S/C6H4NO2.2H2O.O.Sb/c8-7(9)6-4-2-1-3-5-6;;;;/h1-4H;2*1H2;;/q;;;;+2/p-2. The molecule has 0 aliphatic carbocycles. The molecule has 70 valence electrons. The summed E-state index contributed by atoms with van der Waals surface area (Å²) in [5, 5.41) is 10.3. The van der Waals surface area contributed by atoms with Crippen molar-refractivity contribution >= 4 is 28.8 Å². The summed E-state index contributed by atoms with van der Waals surface area (Å²) in [6, 6.07) is 4.87. The van der Waals surface area contributed by atoms with Crippen LogP contribution < -0.4 is 3.51 Å². The fourth-order valence-electron chi connectivity index (χ4n) is 0.865. The average molecular weight is 294 g/mol. The first-order chi connectivity index (χ1) is 5.93. The molecule has 1 aromatic rings. The summed E-state index contributed by atoms with van der Waals surface area (Å²) in [6.07, 6.45) is 0. The van der Waals surface area contributed by atoms with Gasteiger partial charge in [-0.3, -0.25) is 0 Å². The second-order valence-electron chi connectivity index (χ2n) is 2.29. The van der Waals surface area contributed by atoms with Gasteiger partial charge in [-0.2, -0.15) is 0 Å². The number of hydrogen-bond donors (Lipinski definition) is 2. The Bertz CT molecular complexity index is 384. The summed E-state index contributed by atoms with van der Waals surface area (Å²) >= 11 is -5.45. The number of nitro benzene ring substituents is 1. The van der Waals surface area contributed by atoms with Crippen LogP contribution in [0, 0.1) is 10.1 Å². The van der Waals surface area contributed by atoms with Crippen LogP contribution >= 0.6 is 0 Å². The van der Waals surface area contributed by atoms with Crippen molar-refractivity contribution < 1.29 is 14.7 Å². The number of para-hydroxylation sites is 1. The zero-order valence-electron chi connectivity index (χ0n) is 6.32. The van der Waals surface area contributed by atoms with Crippen molar-refractivity contribution in [2.75, 3.05) is 0 Å². The zero-order valence-corrected chi connectivity index (χ0v) is 8.88. The van der Waals surface area contributed by atoms with Crippen LogP contribution in [0.25, 0.3) is 0 Å². The van der Waals surface area contributed by atoms with Gasteiger partial charge in [0.1, 0.15) is 0 Å². The number of nitro groups is 1. The number of benzene rings is 1. The number of hydrogen-bond acceptors (Lipinski definition) is 3. The first kappa shape index (κ1) is 10.2. The molecule has 6 nitrogen and oxygen atoms in total. The normalized spacial score (nSPS) is 11.2. The van der Waals surface area contributed by atoms with Crippen LogP contribution in [-0.2, 0) is 3.02 Å². The topological polar surface area (TPSA) is 101 Å². The third-order valence-corrected chi connectivity index (χ3v) is 4.26. The van der Waals surface area contributed by atoms with Gasteiger partial charge in [-0.1, -0.05) is 0 Å². The van der Waals surface area contributed by atoms with Crippen molar-refractivity contribution in [3.63, 3.8) is 0 Å². The second-order valence-corrected chi connectivity index (χ2v) is 6.77. The molecule has 0 amide bonds. The molecule has 1 aromatic carbocycles. The van der Waals surface area contributed by atoms with Crippen LogP contribution in [0.4, 0.5) is 5.69 Å². The van der Waals surface area contributed by atoms with Gasteiger partial charge in [0.05, 0.1) is 0 Å². The summed E-state index contributed by atoms with van der Waals surface area (Å²) in [5.41, 5.74) is -0.520. The second kappa shape index (κ2) is 3.49. The molecule has 0 aliphatic rings. The van der Waals surface area contributed by atoms with E-state index in [9.17, 15) is 13.1 Å². The molecule has 0 aromatic heterocycles. The minimum atomic E-state index is -5.45. The third kappa shape index (κ3) is 2.30. The summed E-state index contributed by atoms with van der Waals surface area (Å²) in [4.78, 5) is 9.54. The van der Waals surface area contributed by atoms with Crippen LogP contribution in [0.2, 0.25) is 0 Å². The van der Waals surface area contributed by atoms with E-state index in [2.05, 4.69) is 0 Å². The zero-order chi connectivity index (χ0) is 10.1. The predicted octanol–water partition coefficient (Wildman–Crippen LogP) is -0.844. The van der Waals surface area contributed by atoms with Gasteiger partial charge in [0, 0.05) is 0 Å². The summed E-state index contributed by atoms with van der Waals surface area (Å²) in [6.45, 7) is 0. The number of nitrogens with zero attached hydrogens (tertiary/aromatic N) is 1. The molecule has 7 heteroatoms. The van der Waals surface area contributed by atoms with E-state index in [0.29, 0.717) is 0 Å². The van der Waals surface area contributed by atoms with Crippen molar-refractivity contribution in [3.05, 3.63) is 34.4 Å². The molecular weight excluding hydrogens is 288 g/mol. The molecule has 2 N–H and O–H groups in total. The summed E-state index contributed by atoms with van der Waals surface area (Å²) < 4.78 is 28.0. The molecule has 0 saturated carbocycles. The Labute approximate surface area is 78.1 Å². The minimum absolute atomic E-state index is 0.467. The van der Waals surface area contributed by atoms with Crippen molar-refractivity contribution in [1.29, 1.82) is 0 Å². The van der Waals surface area contributed by atoms with E-state index in [0.717, 1.165) is 12.1 Å². The van der Waals surface area contributed by atoms with Crippen molar-refractivity contribution in [3.8, 4) is 0 Å². The van der Waals surface area contributed by atoms with Gasteiger partial charge in [-0.05, 0) is 0 Å². The molecule has 0 bridgehead atoms. The molecule has 1 rings (SSSR count). The molecule has 0 spiro atoms. The van der Waals surface area contributed by atoms with Gasteiger partial charge in [0.15, 0.2) is 0 Å². The molecule has 0 radical (unpaired) electrons. The van der Waals surface area contributed by atoms with Crippen molar-refractivity contribution in [2.45, 2.75) is 0 Å². The maximum absolute atomic E-state index is 10.8. The van der Waals surface area contributed by atoms with Crippen LogP contribution in [0.15, 0.2) is 24.3 Å².